The van der Waals surface area contributed by atoms with E-state index >= 15 is 0 Å². The first kappa shape index (κ1) is 22.6. The molecule has 1 aromatic heterocycles. The smallest absolute Gasteiger partial charge is 0.179 e. The molecule has 148 valence electrons. The molecule has 0 saturated heterocycles. The van der Waals surface area contributed by atoms with Gasteiger partial charge in [0.1, 0.15) is 11.5 Å². The Kier molecular flexibility index (Phi) is 12.7. The minimum atomic E-state index is 0.0418. The number of rotatable bonds is 17. The summed E-state index contributed by atoms with van der Waals surface area (Å²) in [4.78, 5) is 30.2. The van der Waals surface area contributed by atoms with Crippen molar-refractivity contribution in [2.24, 2.45) is 0 Å². The summed E-state index contributed by atoms with van der Waals surface area (Å²) in [7, 11) is 0. The molecule has 0 amide bonds. The molecule has 1 rings (SSSR count). The van der Waals surface area contributed by atoms with Crippen molar-refractivity contribution in [3.05, 3.63) is 17.7 Å². The van der Waals surface area contributed by atoms with Crippen LogP contribution in [0.1, 0.15) is 101 Å². The number of hydrogen-bond donors (Lipinski definition) is 2. The predicted octanol–water partition coefficient (Wildman–Crippen LogP) is 4.62. The number of hydrogen-bond acceptors (Lipinski definition) is 4. The van der Waals surface area contributed by atoms with Gasteiger partial charge in [-0.3, -0.25) is 9.59 Å². The van der Waals surface area contributed by atoms with Gasteiger partial charge in [-0.1, -0.05) is 51.9 Å². The van der Waals surface area contributed by atoms with Crippen molar-refractivity contribution in [1.82, 2.24) is 15.3 Å². The fourth-order valence-electron chi connectivity index (χ4n) is 3.17. The van der Waals surface area contributed by atoms with Crippen molar-refractivity contribution in [2.75, 3.05) is 13.1 Å². The van der Waals surface area contributed by atoms with Crippen molar-refractivity contribution < 1.29 is 9.59 Å². The molecule has 5 heteroatoms. The summed E-state index contributed by atoms with van der Waals surface area (Å²) >= 11 is 0. The summed E-state index contributed by atoms with van der Waals surface area (Å²) in [5, 5.41) is 3.17. The van der Waals surface area contributed by atoms with E-state index in [1.807, 2.05) is 0 Å². The maximum absolute atomic E-state index is 11.6. The molecular formula is C21H37N3O2. The molecule has 0 aromatic carbocycles. The number of carbonyl (C=O) groups is 2. The molecule has 1 heterocycles. The van der Waals surface area contributed by atoms with Crippen LogP contribution in [0.3, 0.4) is 0 Å². The topological polar surface area (TPSA) is 74.8 Å². The van der Waals surface area contributed by atoms with Gasteiger partial charge in [-0.05, 0) is 32.2 Å². The molecular weight excluding hydrogens is 326 g/mol. The second-order valence-corrected chi connectivity index (χ2v) is 7.18. The average molecular weight is 364 g/mol. The first-order valence-corrected chi connectivity index (χ1v) is 10.4. The van der Waals surface area contributed by atoms with Crippen LogP contribution in [0.25, 0.3) is 0 Å². The molecule has 0 aliphatic rings. The Balaban J connectivity index is 1.87. The second-order valence-electron chi connectivity index (χ2n) is 7.18. The summed E-state index contributed by atoms with van der Waals surface area (Å²) in [6, 6.07) is 0. The third-order valence-corrected chi connectivity index (χ3v) is 4.68. The Morgan fingerprint density at radius 2 is 1.62 bits per heavy atom. The zero-order chi connectivity index (χ0) is 19.0. The van der Waals surface area contributed by atoms with Gasteiger partial charge in [0, 0.05) is 19.0 Å². The first-order valence-electron chi connectivity index (χ1n) is 10.4. The molecule has 0 aliphatic heterocycles. The number of unbranched alkanes of at least 4 members (excludes halogenated alkanes) is 8. The Morgan fingerprint density at radius 3 is 2.23 bits per heavy atom. The van der Waals surface area contributed by atoms with Gasteiger partial charge >= 0.3 is 0 Å². The largest absolute Gasteiger partial charge is 0.348 e. The third kappa shape index (κ3) is 10.5. The molecule has 0 unspecified atom stereocenters. The molecule has 0 saturated carbocycles. The highest BCUT2D eigenvalue weighted by atomic mass is 16.1. The van der Waals surface area contributed by atoms with E-state index in [1.165, 1.54) is 44.9 Å². The molecule has 0 atom stereocenters. The normalized spacial score (nSPS) is 11.0. The van der Waals surface area contributed by atoms with E-state index in [1.54, 1.807) is 13.3 Å². The fraction of sp³-hybridized carbons (Fsp3) is 0.762. The molecule has 26 heavy (non-hydrogen) atoms. The number of aromatic nitrogens is 2. The van der Waals surface area contributed by atoms with E-state index in [2.05, 4.69) is 22.2 Å². The van der Waals surface area contributed by atoms with E-state index in [9.17, 15) is 9.59 Å². The number of Topliss-reactive ketones (excluding diaryl/α,β-unsaturated/α-hetero) is 2. The Bertz CT molecular complexity index is 511. The van der Waals surface area contributed by atoms with Gasteiger partial charge in [0.05, 0.1) is 12.9 Å². The molecule has 0 radical (unpaired) electrons. The Morgan fingerprint density at radius 1 is 1.00 bits per heavy atom. The molecule has 0 fully saturated rings. The monoisotopic (exact) mass is 363 g/mol. The standard InChI is InChI=1S/C21H37N3O2/c1-3-15-22-16-19(26)13-11-9-7-5-4-6-8-10-12-14-20-21(18(2)25)24-17-23-20/h17,22H,3-16H2,1-2H3,(H,23,24). The quantitative estimate of drug-likeness (QED) is 0.313. The Hall–Kier alpha value is -1.49. The predicted molar refractivity (Wildman–Crippen MR) is 107 cm³/mol. The minimum absolute atomic E-state index is 0.0418. The number of aromatic amines is 1. The van der Waals surface area contributed by atoms with Crippen LogP contribution in [0.5, 0.6) is 0 Å². The van der Waals surface area contributed by atoms with Gasteiger partial charge in [0.25, 0.3) is 0 Å². The van der Waals surface area contributed by atoms with Crippen LogP contribution in [0, 0.1) is 0 Å². The van der Waals surface area contributed by atoms with E-state index < -0.39 is 0 Å². The highest BCUT2D eigenvalue weighted by Crippen LogP contribution is 2.13. The van der Waals surface area contributed by atoms with Gasteiger partial charge in [-0.15, -0.1) is 0 Å². The van der Waals surface area contributed by atoms with Crippen molar-refractivity contribution in [3.63, 3.8) is 0 Å². The number of nitrogens with one attached hydrogen (secondary N) is 2. The molecule has 2 N–H and O–H groups in total. The highest BCUT2D eigenvalue weighted by Gasteiger charge is 2.09. The van der Waals surface area contributed by atoms with E-state index in [0.29, 0.717) is 18.0 Å². The van der Waals surface area contributed by atoms with Gasteiger partial charge in [-0.2, -0.15) is 0 Å². The minimum Gasteiger partial charge on any atom is -0.348 e. The zero-order valence-corrected chi connectivity index (χ0v) is 16.7. The lowest BCUT2D eigenvalue weighted by molar-refractivity contribution is -0.118. The summed E-state index contributed by atoms with van der Waals surface area (Å²) in [6.45, 7) is 5.16. The second kappa shape index (κ2) is 14.7. The van der Waals surface area contributed by atoms with Gasteiger partial charge < -0.3 is 10.3 Å². The third-order valence-electron chi connectivity index (χ3n) is 4.68. The lowest BCUT2D eigenvalue weighted by Crippen LogP contribution is -2.23. The molecule has 5 nitrogen and oxygen atoms in total. The van der Waals surface area contributed by atoms with Crippen molar-refractivity contribution in [1.29, 1.82) is 0 Å². The van der Waals surface area contributed by atoms with Crippen LogP contribution >= 0.6 is 0 Å². The highest BCUT2D eigenvalue weighted by molar-refractivity contribution is 5.93. The summed E-state index contributed by atoms with van der Waals surface area (Å²) in [5.74, 6) is 0.392. The number of ketones is 2. The van der Waals surface area contributed by atoms with Crippen LogP contribution in [0.15, 0.2) is 6.33 Å². The van der Waals surface area contributed by atoms with Crippen molar-refractivity contribution >= 4 is 11.6 Å². The van der Waals surface area contributed by atoms with Crippen LogP contribution < -0.4 is 5.32 Å². The van der Waals surface area contributed by atoms with Crippen LogP contribution in [-0.2, 0) is 11.2 Å². The van der Waals surface area contributed by atoms with E-state index in [0.717, 1.165) is 44.3 Å². The van der Waals surface area contributed by atoms with Crippen molar-refractivity contribution in [2.45, 2.75) is 90.9 Å². The number of aryl methyl sites for hydroxylation is 1. The molecule has 1 aromatic rings. The summed E-state index contributed by atoms with van der Waals surface area (Å²) in [5.41, 5.74) is 1.58. The molecule has 0 bridgehead atoms. The van der Waals surface area contributed by atoms with Crippen LogP contribution in [-0.4, -0.2) is 34.6 Å². The summed E-state index contributed by atoms with van der Waals surface area (Å²) < 4.78 is 0. The lowest BCUT2D eigenvalue weighted by Gasteiger charge is -2.04. The first-order chi connectivity index (χ1) is 12.6. The molecule has 0 spiro atoms. The SMILES string of the molecule is CCCNCC(=O)CCCCCCCCCCCc1[nH]cnc1C(C)=O. The van der Waals surface area contributed by atoms with E-state index in [-0.39, 0.29) is 5.78 Å². The van der Waals surface area contributed by atoms with E-state index in [4.69, 9.17) is 0 Å². The Labute approximate surface area is 158 Å². The summed E-state index contributed by atoms with van der Waals surface area (Å²) in [6.07, 6.45) is 15.2. The lowest BCUT2D eigenvalue weighted by atomic mass is 10.0. The number of nitrogens with zero attached hydrogens (tertiary/aromatic N) is 1. The van der Waals surface area contributed by atoms with Crippen molar-refractivity contribution in [3.8, 4) is 0 Å². The number of H-pyrrole nitrogens is 1. The maximum Gasteiger partial charge on any atom is 0.179 e. The van der Waals surface area contributed by atoms with Gasteiger partial charge in [0.15, 0.2) is 5.78 Å². The zero-order valence-electron chi connectivity index (χ0n) is 16.7. The van der Waals surface area contributed by atoms with Crippen LogP contribution in [0.4, 0.5) is 0 Å². The maximum atomic E-state index is 11.6. The molecule has 0 aliphatic carbocycles. The van der Waals surface area contributed by atoms with Gasteiger partial charge in [0.2, 0.25) is 0 Å². The number of carbonyl (C=O) groups excluding carboxylic acids is 2. The fourth-order valence-corrected chi connectivity index (χ4v) is 3.17. The van der Waals surface area contributed by atoms with Gasteiger partial charge in [-0.25, -0.2) is 4.98 Å². The van der Waals surface area contributed by atoms with Crippen LogP contribution in [0.2, 0.25) is 0 Å². The average Bonchev–Trinajstić information content (AvgIpc) is 3.08. The number of imidazole rings is 1.